The van der Waals surface area contributed by atoms with E-state index in [0.29, 0.717) is 5.56 Å². The van der Waals surface area contributed by atoms with Crippen molar-refractivity contribution >= 4 is 11.7 Å². The van der Waals surface area contributed by atoms with E-state index in [9.17, 15) is 9.90 Å². The minimum Gasteiger partial charge on any atom is -0.508 e. The largest absolute Gasteiger partial charge is 0.508 e. The molecule has 0 bridgehead atoms. The number of anilines is 1. The van der Waals surface area contributed by atoms with Gasteiger partial charge >= 0.3 is 6.03 Å². The van der Waals surface area contributed by atoms with Crippen molar-refractivity contribution in [2.24, 2.45) is 0 Å². The highest BCUT2D eigenvalue weighted by Crippen LogP contribution is 2.17. The maximum atomic E-state index is 11.7. The van der Waals surface area contributed by atoms with Crippen LogP contribution in [0.5, 0.6) is 5.75 Å². The van der Waals surface area contributed by atoms with Crippen molar-refractivity contribution in [2.75, 3.05) is 5.32 Å². The zero-order valence-corrected chi connectivity index (χ0v) is 10.7. The molecule has 19 heavy (non-hydrogen) atoms. The number of urea groups is 1. The Labute approximate surface area is 112 Å². The van der Waals surface area contributed by atoms with Gasteiger partial charge in [0, 0.05) is 17.8 Å². The number of carbonyl (C=O) groups is 1. The van der Waals surface area contributed by atoms with Gasteiger partial charge in [-0.2, -0.15) is 0 Å². The lowest BCUT2D eigenvalue weighted by atomic mass is 10.1. The number of hydrogen-bond acceptors (Lipinski definition) is 2. The van der Waals surface area contributed by atoms with Crippen molar-refractivity contribution in [3.05, 3.63) is 59.7 Å². The third-order valence-corrected chi connectivity index (χ3v) is 2.71. The third-order valence-electron chi connectivity index (χ3n) is 2.71. The summed E-state index contributed by atoms with van der Waals surface area (Å²) in [6.07, 6.45) is 0. The maximum Gasteiger partial charge on any atom is 0.319 e. The predicted octanol–water partition coefficient (Wildman–Crippen LogP) is 3.02. The summed E-state index contributed by atoms with van der Waals surface area (Å²) in [4.78, 5) is 11.7. The highest BCUT2D eigenvalue weighted by Gasteiger charge is 2.04. The molecule has 4 nitrogen and oxygen atoms in total. The summed E-state index contributed by atoms with van der Waals surface area (Å²) >= 11 is 0. The van der Waals surface area contributed by atoms with Gasteiger partial charge in [-0.25, -0.2) is 4.79 Å². The molecule has 0 spiro atoms. The van der Waals surface area contributed by atoms with Crippen molar-refractivity contribution in [1.29, 1.82) is 0 Å². The zero-order valence-electron chi connectivity index (χ0n) is 10.7. The van der Waals surface area contributed by atoms with Crippen LogP contribution in [0.25, 0.3) is 0 Å². The van der Waals surface area contributed by atoms with Gasteiger partial charge in [0.15, 0.2) is 0 Å². The first-order chi connectivity index (χ1) is 9.15. The summed E-state index contributed by atoms with van der Waals surface area (Å²) in [6, 6.07) is 14.2. The normalized spacial score (nSPS) is 9.95. The van der Waals surface area contributed by atoms with Crippen LogP contribution < -0.4 is 10.6 Å². The summed E-state index contributed by atoms with van der Waals surface area (Å²) in [5.41, 5.74) is 2.47. The molecular weight excluding hydrogens is 240 g/mol. The summed E-state index contributed by atoms with van der Waals surface area (Å²) < 4.78 is 0. The fraction of sp³-hybridized carbons (Fsp3) is 0.133. The van der Waals surface area contributed by atoms with Crippen molar-refractivity contribution in [3.8, 4) is 5.75 Å². The number of hydrogen-bond donors (Lipinski definition) is 3. The van der Waals surface area contributed by atoms with E-state index in [0.717, 1.165) is 11.3 Å². The van der Waals surface area contributed by atoms with Gasteiger partial charge in [-0.1, -0.05) is 35.9 Å². The predicted molar refractivity (Wildman–Crippen MR) is 75.1 cm³/mol. The van der Waals surface area contributed by atoms with Crippen molar-refractivity contribution in [2.45, 2.75) is 13.5 Å². The van der Waals surface area contributed by atoms with E-state index in [1.165, 1.54) is 0 Å². The van der Waals surface area contributed by atoms with Gasteiger partial charge in [0.2, 0.25) is 0 Å². The lowest BCUT2D eigenvalue weighted by molar-refractivity contribution is 0.251. The van der Waals surface area contributed by atoms with Crippen LogP contribution in [0.4, 0.5) is 10.5 Å². The van der Waals surface area contributed by atoms with Crippen LogP contribution in [0.15, 0.2) is 48.5 Å². The molecule has 0 saturated heterocycles. The number of phenols is 1. The van der Waals surface area contributed by atoms with Gasteiger partial charge in [-0.3, -0.25) is 0 Å². The Hall–Kier alpha value is -2.49. The monoisotopic (exact) mass is 256 g/mol. The Bertz CT molecular complexity index is 568. The molecule has 0 aliphatic carbocycles. The van der Waals surface area contributed by atoms with Gasteiger partial charge in [-0.05, 0) is 25.1 Å². The molecular formula is C15H16N2O2. The van der Waals surface area contributed by atoms with Crippen LogP contribution in [0.1, 0.15) is 11.1 Å². The minimum absolute atomic E-state index is 0.186. The quantitative estimate of drug-likeness (QED) is 0.790. The standard InChI is InChI=1S/C15H16N2O2/c1-11-7-8-14(18)12(9-11)10-16-15(19)17-13-5-3-2-4-6-13/h2-9,18H,10H2,1H3,(H2,16,17,19). The van der Waals surface area contributed by atoms with Crippen LogP contribution >= 0.6 is 0 Å². The number of nitrogens with one attached hydrogen (secondary N) is 2. The van der Waals surface area contributed by atoms with Gasteiger partial charge in [0.25, 0.3) is 0 Å². The van der Waals surface area contributed by atoms with Gasteiger partial charge < -0.3 is 15.7 Å². The van der Waals surface area contributed by atoms with Gasteiger partial charge in [0.05, 0.1) is 0 Å². The Morgan fingerprint density at radius 1 is 1.16 bits per heavy atom. The first kappa shape index (κ1) is 13.0. The molecule has 0 aliphatic rings. The molecule has 0 unspecified atom stereocenters. The average molecular weight is 256 g/mol. The molecule has 0 aromatic heterocycles. The number of phenolic OH excluding ortho intramolecular Hbond substituents is 1. The first-order valence-electron chi connectivity index (χ1n) is 6.03. The minimum atomic E-state index is -0.299. The van der Waals surface area contributed by atoms with Crippen LogP contribution in [-0.4, -0.2) is 11.1 Å². The van der Waals surface area contributed by atoms with Crippen LogP contribution in [-0.2, 0) is 6.54 Å². The first-order valence-corrected chi connectivity index (χ1v) is 6.03. The topological polar surface area (TPSA) is 61.4 Å². The second kappa shape index (κ2) is 5.91. The molecule has 2 rings (SSSR count). The number of carbonyl (C=O) groups excluding carboxylic acids is 1. The molecule has 0 fully saturated rings. The molecule has 0 heterocycles. The molecule has 4 heteroatoms. The van der Waals surface area contributed by atoms with E-state index < -0.39 is 0 Å². The molecule has 98 valence electrons. The van der Waals surface area contributed by atoms with Gasteiger partial charge in [-0.15, -0.1) is 0 Å². The van der Waals surface area contributed by atoms with Crippen LogP contribution in [0.3, 0.4) is 0 Å². The second-order valence-corrected chi connectivity index (χ2v) is 4.31. The Morgan fingerprint density at radius 3 is 2.63 bits per heavy atom. The van der Waals surface area contributed by atoms with E-state index in [1.54, 1.807) is 6.07 Å². The number of rotatable bonds is 3. The van der Waals surface area contributed by atoms with E-state index >= 15 is 0 Å². The highest BCUT2D eigenvalue weighted by molar-refractivity contribution is 5.89. The smallest absolute Gasteiger partial charge is 0.319 e. The summed E-state index contributed by atoms with van der Waals surface area (Å²) in [7, 11) is 0. The number of aromatic hydroxyl groups is 1. The van der Waals surface area contributed by atoms with E-state index in [2.05, 4.69) is 10.6 Å². The molecule has 0 saturated carbocycles. The number of aryl methyl sites for hydroxylation is 1. The second-order valence-electron chi connectivity index (χ2n) is 4.31. The molecule has 2 amide bonds. The zero-order chi connectivity index (χ0) is 13.7. The van der Waals surface area contributed by atoms with E-state index in [1.807, 2.05) is 49.4 Å². The fourth-order valence-corrected chi connectivity index (χ4v) is 1.73. The highest BCUT2D eigenvalue weighted by atomic mass is 16.3. The Balaban J connectivity index is 1.92. The van der Waals surface area contributed by atoms with Crippen molar-refractivity contribution < 1.29 is 9.90 Å². The fourth-order valence-electron chi connectivity index (χ4n) is 1.73. The SMILES string of the molecule is Cc1ccc(O)c(CNC(=O)Nc2ccccc2)c1. The van der Waals surface area contributed by atoms with Crippen LogP contribution in [0.2, 0.25) is 0 Å². The van der Waals surface area contributed by atoms with Gasteiger partial charge in [0.1, 0.15) is 5.75 Å². The Kier molecular flexibility index (Phi) is 4.03. The summed E-state index contributed by atoms with van der Waals surface area (Å²) in [6.45, 7) is 2.22. The lowest BCUT2D eigenvalue weighted by Gasteiger charge is -2.09. The molecule has 0 aliphatic heterocycles. The molecule has 3 N–H and O–H groups in total. The van der Waals surface area contributed by atoms with Crippen molar-refractivity contribution in [1.82, 2.24) is 5.32 Å². The molecule has 0 radical (unpaired) electrons. The van der Waals surface area contributed by atoms with E-state index in [-0.39, 0.29) is 18.3 Å². The maximum absolute atomic E-state index is 11.7. The third kappa shape index (κ3) is 3.74. The number of benzene rings is 2. The summed E-state index contributed by atoms with van der Waals surface area (Å²) in [5.74, 6) is 0.186. The van der Waals surface area contributed by atoms with Crippen molar-refractivity contribution in [3.63, 3.8) is 0 Å². The van der Waals surface area contributed by atoms with Crippen LogP contribution in [0, 0.1) is 6.92 Å². The Morgan fingerprint density at radius 2 is 1.89 bits per heavy atom. The average Bonchev–Trinajstić information content (AvgIpc) is 2.41. The number of amides is 2. The summed E-state index contributed by atoms with van der Waals surface area (Å²) in [5, 5.41) is 15.1. The lowest BCUT2D eigenvalue weighted by Crippen LogP contribution is -2.28. The number of para-hydroxylation sites is 1. The molecule has 0 atom stereocenters. The molecule has 2 aromatic rings. The molecule has 2 aromatic carbocycles. The van der Waals surface area contributed by atoms with E-state index in [4.69, 9.17) is 0 Å².